The van der Waals surface area contributed by atoms with Crippen LogP contribution in [0, 0.1) is 0 Å². The van der Waals surface area contributed by atoms with E-state index in [1.807, 2.05) is 0 Å². The highest BCUT2D eigenvalue weighted by molar-refractivity contribution is 9.38. The zero-order valence-corrected chi connectivity index (χ0v) is 12.7. The Morgan fingerprint density at radius 1 is 1.07 bits per heavy atom. The van der Waals surface area contributed by atoms with Gasteiger partial charge in [-0.15, -0.1) is 0 Å². The molecule has 0 atom stereocenters. The number of halogens is 3. The molecule has 0 amide bonds. The first kappa shape index (κ1) is 12.7. The topological polar surface area (TPSA) is 34.1 Å². The lowest BCUT2D eigenvalue weighted by Crippen LogP contribution is -2.00. The van der Waals surface area contributed by atoms with Crippen LogP contribution in [0.3, 0.4) is 0 Å². The minimum atomic E-state index is -3.11. The predicted molar refractivity (Wildman–Crippen MR) is 68.0 cm³/mol. The molecule has 1 rings (SSSR count). The fourth-order valence-corrected chi connectivity index (χ4v) is 2.31. The van der Waals surface area contributed by atoms with Gasteiger partial charge in [0.05, 0.1) is 4.90 Å². The highest BCUT2D eigenvalue weighted by Crippen LogP contribution is 2.44. The van der Waals surface area contributed by atoms with Crippen molar-refractivity contribution in [3.8, 4) is 0 Å². The summed E-state index contributed by atoms with van der Waals surface area (Å²) >= 11 is 10.0. The molecule has 0 aliphatic rings. The summed E-state index contributed by atoms with van der Waals surface area (Å²) in [5.41, 5.74) is 0.893. The number of rotatable bonds is 1. The quantitative estimate of drug-likeness (QED) is 0.670. The summed E-state index contributed by atoms with van der Waals surface area (Å²) < 4.78 is 21.8. The smallest absolute Gasteiger partial charge is 0.175 e. The van der Waals surface area contributed by atoms with E-state index in [0.29, 0.717) is 4.90 Å². The third-order valence-electron chi connectivity index (χ3n) is 1.61. The lowest BCUT2D eigenvalue weighted by molar-refractivity contribution is 0.602. The van der Waals surface area contributed by atoms with Gasteiger partial charge in [0.2, 0.25) is 0 Å². The van der Waals surface area contributed by atoms with E-state index in [0.717, 1.165) is 5.56 Å². The molecule has 0 saturated heterocycles. The molecule has 0 fully saturated rings. The molecule has 2 nitrogen and oxygen atoms in total. The van der Waals surface area contributed by atoms with Crippen LogP contribution in [0.25, 0.3) is 0 Å². The molecule has 0 radical (unpaired) electrons. The van der Waals surface area contributed by atoms with Gasteiger partial charge in [0, 0.05) is 6.26 Å². The molecule has 0 aliphatic carbocycles. The fraction of sp³-hybridized carbons (Fsp3) is 0.250. The van der Waals surface area contributed by atoms with Crippen molar-refractivity contribution >= 4 is 57.6 Å². The molecule has 78 valence electrons. The second-order valence-corrected chi connectivity index (χ2v) is 11.6. The van der Waals surface area contributed by atoms with Crippen molar-refractivity contribution in [2.45, 2.75) is 7.04 Å². The Labute approximate surface area is 108 Å². The number of hydrogen-bond acceptors (Lipinski definition) is 2. The van der Waals surface area contributed by atoms with Gasteiger partial charge in [-0.3, -0.25) is 0 Å². The van der Waals surface area contributed by atoms with E-state index in [1.54, 1.807) is 24.3 Å². The zero-order chi connectivity index (χ0) is 11.0. The van der Waals surface area contributed by atoms with Crippen molar-refractivity contribution < 1.29 is 8.42 Å². The highest BCUT2D eigenvalue weighted by Gasteiger charge is 2.20. The largest absolute Gasteiger partial charge is 0.224 e. The SMILES string of the molecule is CS(=O)(=O)c1ccc(C(Br)(Br)Br)cc1. The summed E-state index contributed by atoms with van der Waals surface area (Å²) in [7, 11) is -3.11. The maximum Gasteiger partial charge on any atom is 0.175 e. The van der Waals surface area contributed by atoms with Gasteiger partial charge in [-0.2, -0.15) is 0 Å². The number of alkyl halides is 3. The first-order valence-corrected chi connectivity index (χ1v) is 7.85. The summed E-state index contributed by atoms with van der Waals surface area (Å²) in [5.74, 6) is 0. The molecule has 0 bridgehead atoms. The molecule has 14 heavy (non-hydrogen) atoms. The van der Waals surface area contributed by atoms with Crippen molar-refractivity contribution in [2.75, 3.05) is 6.26 Å². The monoisotopic (exact) mass is 404 g/mol. The van der Waals surface area contributed by atoms with Crippen molar-refractivity contribution in [2.24, 2.45) is 0 Å². The van der Waals surface area contributed by atoms with Crippen LogP contribution in [0.2, 0.25) is 0 Å². The average Bonchev–Trinajstić information content (AvgIpc) is 2.01. The minimum Gasteiger partial charge on any atom is -0.224 e. The van der Waals surface area contributed by atoms with Gasteiger partial charge >= 0.3 is 0 Å². The number of benzene rings is 1. The molecule has 0 spiro atoms. The van der Waals surface area contributed by atoms with Gasteiger partial charge in [-0.25, -0.2) is 8.42 Å². The first-order valence-electron chi connectivity index (χ1n) is 3.58. The van der Waals surface area contributed by atoms with Gasteiger partial charge in [0.15, 0.2) is 12.0 Å². The lowest BCUT2D eigenvalue weighted by Gasteiger charge is -2.12. The second-order valence-electron chi connectivity index (χ2n) is 2.79. The first-order chi connectivity index (χ1) is 6.21. The van der Waals surface area contributed by atoms with Crippen LogP contribution in [0.5, 0.6) is 0 Å². The van der Waals surface area contributed by atoms with E-state index in [-0.39, 0.29) is 0 Å². The number of sulfone groups is 1. The standard InChI is InChI=1S/C8H7Br3O2S/c1-14(12,13)7-4-2-6(3-5-7)8(9,10)11/h2-5H,1H3. The fourth-order valence-electron chi connectivity index (χ4n) is 0.891. The third-order valence-corrected chi connectivity index (χ3v) is 4.11. The third kappa shape index (κ3) is 3.32. The van der Waals surface area contributed by atoms with E-state index >= 15 is 0 Å². The Morgan fingerprint density at radius 3 is 1.79 bits per heavy atom. The summed E-state index contributed by atoms with van der Waals surface area (Å²) in [6.07, 6.45) is 1.19. The molecule has 0 unspecified atom stereocenters. The van der Waals surface area contributed by atoms with Gasteiger partial charge in [-0.05, 0) is 17.7 Å². The molecule has 0 aromatic heterocycles. The summed E-state index contributed by atoms with van der Waals surface area (Å²) in [6, 6.07) is 6.61. The highest BCUT2D eigenvalue weighted by atomic mass is 80.0. The second kappa shape index (κ2) is 4.23. The summed E-state index contributed by atoms with van der Waals surface area (Å²) in [5, 5.41) is 0. The molecule has 0 saturated carbocycles. The van der Waals surface area contributed by atoms with Crippen molar-refractivity contribution in [1.29, 1.82) is 0 Å². The molecule has 1 aromatic carbocycles. The van der Waals surface area contributed by atoms with Gasteiger partial charge < -0.3 is 0 Å². The molecule has 6 heteroatoms. The van der Waals surface area contributed by atoms with Crippen molar-refractivity contribution in [3.63, 3.8) is 0 Å². The summed E-state index contributed by atoms with van der Waals surface area (Å²) in [6.45, 7) is 0. The normalized spacial score (nSPS) is 12.9. The van der Waals surface area contributed by atoms with Crippen molar-refractivity contribution in [1.82, 2.24) is 0 Å². The van der Waals surface area contributed by atoms with Crippen LogP contribution >= 0.6 is 47.8 Å². The molecule has 0 aliphatic heterocycles. The average molecular weight is 407 g/mol. The van der Waals surface area contributed by atoms with E-state index in [9.17, 15) is 8.42 Å². The molecule has 0 heterocycles. The van der Waals surface area contributed by atoms with Gasteiger partial charge in [0.1, 0.15) is 0 Å². The number of hydrogen-bond donors (Lipinski definition) is 0. The molecule has 0 N–H and O–H groups in total. The van der Waals surface area contributed by atoms with Gasteiger partial charge in [-0.1, -0.05) is 59.9 Å². The summed E-state index contributed by atoms with van der Waals surface area (Å²) in [4.78, 5) is 0.318. The van der Waals surface area contributed by atoms with Crippen LogP contribution in [0.15, 0.2) is 29.2 Å². The Hall–Kier alpha value is 0.610. The van der Waals surface area contributed by atoms with E-state index in [1.165, 1.54) is 6.26 Å². The maximum atomic E-state index is 11.2. The van der Waals surface area contributed by atoms with E-state index < -0.39 is 12.0 Å². The van der Waals surface area contributed by atoms with E-state index in [2.05, 4.69) is 47.8 Å². The zero-order valence-electron chi connectivity index (χ0n) is 7.17. The van der Waals surface area contributed by atoms with Crippen LogP contribution in [-0.2, 0) is 12.0 Å². The minimum absolute atomic E-state index is 0.318. The molecule has 1 aromatic rings. The Morgan fingerprint density at radius 2 is 1.50 bits per heavy atom. The Bertz CT molecular complexity index is 417. The Balaban J connectivity index is 3.14. The van der Waals surface area contributed by atoms with Gasteiger partial charge in [0.25, 0.3) is 0 Å². The van der Waals surface area contributed by atoms with Crippen molar-refractivity contribution in [3.05, 3.63) is 29.8 Å². The van der Waals surface area contributed by atoms with Crippen LogP contribution in [-0.4, -0.2) is 14.7 Å². The van der Waals surface area contributed by atoms with Crippen LogP contribution in [0.1, 0.15) is 5.56 Å². The van der Waals surface area contributed by atoms with E-state index in [4.69, 9.17) is 0 Å². The van der Waals surface area contributed by atoms with Crippen LogP contribution in [0.4, 0.5) is 0 Å². The maximum absolute atomic E-state index is 11.2. The molecular weight excluding hydrogens is 400 g/mol. The van der Waals surface area contributed by atoms with Crippen LogP contribution < -0.4 is 0 Å². The predicted octanol–water partition coefficient (Wildman–Crippen LogP) is 3.39. The Kier molecular flexibility index (Phi) is 3.83. The molecular formula is C8H7Br3O2S. The lowest BCUT2D eigenvalue weighted by atomic mass is 10.2.